The number of hydrogen-bond acceptors (Lipinski definition) is 4. The summed E-state index contributed by atoms with van der Waals surface area (Å²) in [6.45, 7) is 2.79. The van der Waals surface area contributed by atoms with E-state index < -0.39 is 0 Å². The highest BCUT2D eigenvalue weighted by molar-refractivity contribution is 7.09. The minimum Gasteiger partial charge on any atom is -0.378 e. The Kier molecular flexibility index (Phi) is 2.74. The first-order valence-electron chi connectivity index (χ1n) is 4.39. The molecular formula is C10H11N3S. The molecule has 0 saturated carbocycles. The average molecular weight is 205 g/mol. The molecule has 2 aromatic heterocycles. The summed E-state index contributed by atoms with van der Waals surface area (Å²) in [4.78, 5) is 8.32. The lowest BCUT2D eigenvalue weighted by Crippen LogP contribution is -1.98. The van der Waals surface area contributed by atoms with E-state index in [2.05, 4.69) is 20.7 Å². The normalized spacial score (nSPS) is 10.1. The SMILES string of the molecule is Cc1csc(CNc2ccncc2)n1. The van der Waals surface area contributed by atoms with Gasteiger partial charge in [0, 0.05) is 29.2 Å². The number of pyridine rings is 1. The van der Waals surface area contributed by atoms with Crippen molar-refractivity contribution in [1.29, 1.82) is 0 Å². The second-order valence-electron chi connectivity index (χ2n) is 2.97. The van der Waals surface area contributed by atoms with Crippen LogP contribution in [0.1, 0.15) is 10.7 Å². The van der Waals surface area contributed by atoms with Gasteiger partial charge in [0.2, 0.25) is 0 Å². The molecule has 0 amide bonds. The number of aryl methyl sites for hydroxylation is 1. The van der Waals surface area contributed by atoms with Gasteiger partial charge in [-0.2, -0.15) is 0 Å². The molecule has 0 radical (unpaired) electrons. The minimum atomic E-state index is 0.780. The molecule has 0 spiro atoms. The summed E-state index contributed by atoms with van der Waals surface area (Å²) >= 11 is 1.68. The highest BCUT2D eigenvalue weighted by atomic mass is 32.1. The second-order valence-corrected chi connectivity index (χ2v) is 3.91. The van der Waals surface area contributed by atoms with Crippen LogP contribution in [-0.2, 0) is 6.54 Å². The predicted molar refractivity (Wildman–Crippen MR) is 58.4 cm³/mol. The molecule has 0 bridgehead atoms. The molecule has 2 heterocycles. The summed E-state index contributed by atoms with van der Waals surface area (Å²) in [5, 5.41) is 6.45. The van der Waals surface area contributed by atoms with E-state index in [1.807, 2.05) is 19.1 Å². The van der Waals surface area contributed by atoms with Gasteiger partial charge in [0.05, 0.1) is 6.54 Å². The Hall–Kier alpha value is -1.42. The summed E-state index contributed by atoms with van der Waals surface area (Å²) in [5.74, 6) is 0. The molecule has 0 saturated heterocycles. The van der Waals surface area contributed by atoms with Gasteiger partial charge < -0.3 is 5.32 Å². The van der Waals surface area contributed by atoms with Gasteiger partial charge in [-0.25, -0.2) is 4.98 Å². The van der Waals surface area contributed by atoms with E-state index in [0.717, 1.165) is 22.9 Å². The van der Waals surface area contributed by atoms with E-state index in [0.29, 0.717) is 0 Å². The van der Waals surface area contributed by atoms with Crippen molar-refractivity contribution in [3.8, 4) is 0 Å². The Morgan fingerprint density at radius 1 is 1.36 bits per heavy atom. The van der Waals surface area contributed by atoms with Gasteiger partial charge in [0.25, 0.3) is 0 Å². The minimum absolute atomic E-state index is 0.780. The fourth-order valence-electron chi connectivity index (χ4n) is 1.13. The zero-order valence-electron chi connectivity index (χ0n) is 7.90. The first kappa shape index (κ1) is 9.15. The Morgan fingerprint density at radius 3 is 2.79 bits per heavy atom. The first-order valence-corrected chi connectivity index (χ1v) is 5.27. The molecule has 72 valence electrons. The molecule has 3 nitrogen and oxygen atoms in total. The monoisotopic (exact) mass is 205 g/mol. The molecule has 0 aliphatic rings. The van der Waals surface area contributed by atoms with Gasteiger partial charge in [-0.1, -0.05) is 0 Å². The summed E-state index contributed by atoms with van der Waals surface area (Å²) in [6, 6.07) is 3.89. The fraction of sp³-hybridized carbons (Fsp3) is 0.200. The van der Waals surface area contributed by atoms with Crippen LogP contribution in [0.25, 0.3) is 0 Å². The van der Waals surface area contributed by atoms with Crippen molar-refractivity contribution in [3.05, 3.63) is 40.6 Å². The van der Waals surface area contributed by atoms with Crippen molar-refractivity contribution in [2.24, 2.45) is 0 Å². The molecule has 0 aliphatic heterocycles. The van der Waals surface area contributed by atoms with Gasteiger partial charge in [0.15, 0.2) is 0 Å². The largest absolute Gasteiger partial charge is 0.378 e. The molecule has 0 fully saturated rings. The maximum Gasteiger partial charge on any atom is 0.112 e. The number of aromatic nitrogens is 2. The van der Waals surface area contributed by atoms with Crippen molar-refractivity contribution in [3.63, 3.8) is 0 Å². The molecule has 4 heteroatoms. The number of anilines is 1. The van der Waals surface area contributed by atoms with Crippen LogP contribution in [-0.4, -0.2) is 9.97 Å². The van der Waals surface area contributed by atoms with Gasteiger partial charge >= 0.3 is 0 Å². The van der Waals surface area contributed by atoms with Crippen LogP contribution in [0, 0.1) is 6.92 Å². The molecule has 2 rings (SSSR count). The molecule has 0 aliphatic carbocycles. The summed E-state index contributed by atoms with van der Waals surface area (Å²) in [6.07, 6.45) is 3.55. The number of nitrogens with zero attached hydrogens (tertiary/aromatic N) is 2. The molecule has 2 aromatic rings. The van der Waals surface area contributed by atoms with Crippen molar-refractivity contribution in [1.82, 2.24) is 9.97 Å². The van der Waals surface area contributed by atoms with Gasteiger partial charge in [-0.3, -0.25) is 4.98 Å². The lowest BCUT2D eigenvalue weighted by atomic mass is 10.4. The number of hydrogen-bond donors (Lipinski definition) is 1. The quantitative estimate of drug-likeness (QED) is 0.836. The molecule has 14 heavy (non-hydrogen) atoms. The van der Waals surface area contributed by atoms with E-state index in [9.17, 15) is 0 Å². The third-order valence-electron chi connectivity index (χ3n) is 1.79. The van der Waals surface area contributed by atoms with Crippen LogP contribution in [0.4, 0.5) is 5.69 Å². The zero-order chi connectivity index (χ0) is 9.80. The molecular weight excluding hydrogens is 194 g/mol. The molecule has 0 atom stereocenters. The Morgan fingerprint density at radius 2 is 2.14 bits per heavy atom. The predicted octanol–water partition coefficient (Wildman–Crippen LogP) is 2.46. The van der Waals surface area contributed by atoms with Gasteiger partial charge in [-0.15, -0.1) is 11.3 Å². The van der Waals surface area contributed by atoms with Crippen LogP contribution in [0.5, 0.6) is 0 Å². The third-order valence-corrected chi connectivity index (χ3v) is 2.76. The van der Waals surface area contributed by atoms with Crippen LogP contribution in [0.3, 0.4) is 0 Å². The first-order chi connectivity index (χ1) is 6.84. The van der Waals surface area contributed by atoms with Crippen molar-refractivity contribution in [2.45, 2.75) is 13.5 Å². The maximum atomic E-state index is 4.37. The highest BCUT2D eigenvalue weighted by Crippen LogP contribution is 2.11. The average Bonchev–Trinajstić information content (AvgIpc) is 2.63. The van der Waals surface area contributed by atoms with Crippen LogP contribution < -0.4 is 5.32 Å². The van der Waals surface area contributed by atoms with E-state index in [1.165, 1.54) is 0 Å². The number of rotatable bonds is 3. The smallest absolute Gasteiger partial charge is 0.112 e. The maximum absolute atomic E-state index is 4.37. The van der Waals surface area contributed by atoms with Crippen LogP contribution in [0.2, 0.25) is 0 Å². The van der Waals surface area contributed by atoms with E-state index >= 15 is 0 Å². The Labute approximate surface area is 86.8 Å². The van der Waals surface area contributed by atoms with Crippen molar-refractivity contribution < 1.29 is 0 Å². The van der Waals surface area contributed by atoms with Crippen molar-refractivity contribution >= 4 is 17.0 Å². The number of thiazole rings is 1. The van der Waals surface area contributed by atoms with Crippen molar-refractivity contribution in [2.75, 3.05) is 5.32 Å². The summed E-state index contributed by atoms with van der Waals surface area (Å²) in [5.41, 5.74) is 2.16. The lowest BCUT2D eigenvalue weighted by Gasteiger charge is -2.02. The second kappa shape index (κ2) is 4.19. The van der Waals surface area contributed by atoms with E-state index in [4.69, 9.17) is 0 Å². The molecule has 1 N–H and O–H groups in total. The van der Waals surface area contributed by atoms with Gasteiger partial charge in [0.1, 0.15) is 5.01 Å². The fourth-order valence-corrected chi connectivity index (χ4v) is 1.84. The van der Waals surface area contributed by atoms with Crippen LogP contribution >= 0.6 is 11.3 Å². The van der Waals surface area contributed by atoms with Gasteiger partial charge in [-0.05, 0) is 19.1 Å². The Bertz CT molecular complexity index is 397. The Balaban J connectivity index is 1.95. The standard InChI is InChI=1S/C10H11N3S/c1-8-7-14-10(13-8)6-12-9-2-4-11-5-3-9/h2-5,7H,6H2,1H3,(H,11,12). The highest BCUT2D eigenvalue weighted by Gasteiger charge is 1.97. The molecule has 0 aromatic carbocycles. The topological polar surface area (TPSA) is 37.8 Å². The summed E-state index contributed by atoms with van der Waals surface area (Å²) in [7, 11) is 0. The lowest BCUT2D eigenvalue weighted by molar-refractivity contribution is 1.07. The van der Waals surface area contributed by atoms with Crippen LogP contribution in [0.15, 0.2) is 29.9 Å². The summed E-state index contributed by atoms with van der Waals surface area (Å²) < 4.78 is 0. The number of nitrogens with one attached hydrogen (secondary N) is 1. The zero-order valence-corrected chi connectivity index (χ0v) is 8.71. The van der Waals surface area contributed by atoms with E-state index in [-0.39, 0.29) is 0 Å². The molecule has 0 unspecified atom stereocenters. The third kappa shape index (κ3) is 2.29. The van der Waals surface area contributed by atoms with E-state index in [1.54, 1.807) is 23.7 Å².